The number of ether oxygens (including phenoxy) is 3. The number of carbonyl (C=O) groups is 3. The van der Waals surface area contributed by atoms with Crippen molar-refractivity contribution in [3.05, 3.63) is 69.2 Å². The second-order valence-electron chi connectivity index (χ2n) is 11.3. The monoisotopic (exact) mass is 604 g/mol. The summed E-state index contributed by atoms with van der Waals surface area (Å²) < 4.78 is 17.7. The molecule has 1 aromatic heterocycles. The lowest BCUT2D eigenvalue weighted by Crippen LogP contribution is -2.29. The number of benzene rings is 2. The van der Waals surface area contributed by atoms with E-state index in [1.54, 1.807) is 43.3 Å². The van der Waals surface area contributed by atoms with Crippen molar-refractivity contribution in [3.8, 4) is 17.2 Å². The zero-order chi connectivity index (χ0) is 31.0. The number of nitrogens with zero attached hydrogens (tertiary/aromatic N) is 2. The van der Waals surface area contributed by atoms with Crippen molar-refractivity contribution in [2.45, 2.75) is 66.5 Å². The molecule has 1 amide bonds. The topological polar surface area (TPSA) is 115 Å². The van der Waals surface area contributed by atoms with E-state index in [2.05, 4.69) is 18.8 Å². The molecular weight excluding hydrogens is 568 g/mol. The van der Waals surface area contributed by atoms with Gasteiger partial charge in [0.25, 0.3) is 5.78 Å². The summed E-state index contributed by atoms with van der Waals surface area (Å²) in [5.74, 6) is 0.00568. The number of hydrogen-bond donors (Lipinski definition) is 1. The number of hydrogen-bond acceptors (Lipinski definition) is 9. The first-order valence-electron chi connectivity index (χ1n) is 14.5. The number of Topliss-reactive ketones (excluding diaryl/α,β-unsaturated/α-hetero) is 2. The van der Waals surface area contributed by atoms with Crippen LogP contribution < -0.4 is 19.1 Å². The van der Waals surface area contributed by atoms with E-state index in [-0.39, 0.29) is 28.4 Å². The third-order valence-corrected chi connectivity index (χ3v) is 8.72. The van der Waals surface area contributed by atoms with Crippen LogP contribution >= 0.6 is 11.3 Å². The van der Waals surface area contributed by atoms with Gasteiger partial charge in [0, 0.05) is 18.9 Å². The molecule has 0 spiro atoms. The Labute approximate surface area is 255 Å². The number of anilines is 1. The summed E-state index contributed by atoms with van der Waals surface area (Å²) in [5, 5.41) is 11.9. The molecule has 0 radical (unpaired) electrons. The van der Waals surface area contributed by atoms with Crippen LogP contribution in [0.1, 0.15) is 79.1 Å². The van der Waals surface area contributed by atoms with Crippen LogP contribution in [0.5, 0.6) is 17.2 Å². The van der Waals surface area contributed by atoms with Gasteiger partial charge in [-0.15, -0.1) is 0 Å². The molecule has 1 fully saturated rings. The summed E-state index contributed by atoms with van der Waals surface area (Å²) in [6.45, 7) is 12.0. The number of thiazole rings is 1. The molecule has 2 aliphatic heterocycles. The molecule has 2 unspecified atom stereocenters. The number of rotatable bonds is 10. The molecule has 0 saturated carbocycles. The van der Waals surface area contributed by atoms with E-state index < -0.39 is 17.7 Å². The van der Waals surface area contributed by atoms with E-state index in [1.165, 1.54) is 11.8 Å². The Bertz CT molecular complexity index is 1620. The van der Waals surface area contributed by atoms with Crippen LogP contribution in [0.25, 0.3) is 5.76 Å². The molecular formula is C33H36N2O7S. The van der Waals surface area contributed by atoms with Crippen LogP contribution in [-0.2, 0) is 16.0 Å². The molecule has 2 atom stereocenters. The summed E-state index contributed by atoms with van der Waals surface area (Å²) in [6.07, 6.45) is 1.52. The van der Waals surface area contributed by atoms with Crippen molar-refractivity contribution in [3.63, 3.8) is 0 Å². The van der Waals surface area contributed by atoms with Gasteiger partial charge in [0.1, 0.15) is 17.6 Å². The van der Waals surface area contributed by atoms with Crippen LogP contribution in [0.2, 0.25) is 0 Å². The van der Waals surface area contributed by atoms with Crippen LogP contribution in [0, 0.1) is 12.8 Å². The molecule has 3 aromatic rings. The predicted molar refractivity (Wildman–Crippen MR) is 164 cm³/mol. The van der Waals surface area contributed by atoms with Gasteiger partial charge >= 0.3 is 5.91 Å². The van der Waals surface area contributed by atoms with Crippen LogP contribution in [0.4, 0.5) is 5.13 Å². The van der Waals surface area contributed by atoms with E-state index in [4.69, 9.17) is 14.2 Å². The van der Waals surface area contributed by atoms with Gasteiger partial charge < -0.3 is 19.3 Å². The summed E-state index contributed by atoms with van der Waals surface area (Å²) in [4.78, 5) is 45.8. The van der Waals surface area contributed by atoms with Gasteiger partial charge in [-0.1, -0.05) is 31.3 Å². The Morgan fingerprint density at radius 3 is 2.60 bits per heavy atom. The number of aliphatic hydroxyl groups is 1. The lowest BCUT2D eigenvalue weighted by molar-refractivity contribution is -0.132. The smallest absolute Gasteiger partial charge is 0.301 e. The Morgan fingerprint density at radius 1 is 1.16 bits per heavy atom. The van der Waals surface area contributed by atoms with E-state index >= 15 is 0 Å². The maximum absolute atomic E-state index is 13.7. The lowest BCUT2D eigenvalue weighted by Gasteiger charge is -2.24. The van der Waals surface area contributed by atoms with Gasteiger partial charge in [-0.25, -0.2) is 4.98 Å². The highest BCUT2D eigenvalue weighted by Crippen LogP contribution is 2.46. The first-order chi connectivity index (χ1) is 20.5. The van der Waals surface area contributed by atoms with Crippen LogP contribution in [-0.4, -0.2) is 46.9 Å². The molecule has 10 heteroatoms. The second-order valence-corrected chi connectivity index (χ2v) is 12.2. The average Bonchev–Trinajstić information content (AvgIpc) is 3.60. The molecule has 0 aliphatic carbocycles. The molecule has 226 valence electrons. The standard InChI is InChI=1S/C33H36N2O7S/c1-7-40-26-16-21(8-11-25(26)41-13-12-17(2)3)28-27(29(37)22-9-10-24-23(15-22)14-18(4)42-24)30(38)32(39)35(28)33-34-19(5)31(43-33)20(6)36/h8-11,15-18,28,37H,7,12-14H2,1-6H3. The molecule has 2 aliphatic rings. The molecule has 1 N–H and O–H groups in total. The van der Waals surface area contributed by atoms with Crippen LogP contribution in [0.3, 0.4) is 0 Å². The molecule has 1 saturated heterocycles. The van der Waals surface area contributed by atoms with Crippen molar-refractivity contribution in [2.75, 3.05) is 18.1 Å². The molecule has 5 rings (SSSR count). The number of carbonyl (C=O) groups excluding carboxylic acids is 3. The number of fused-ring (bicyclic) bond motifs is 1. The number of aromatic nitrogens is 1. The molecule has 43 heavy (non-hydrogen) atoms. The zero-order valence-corrected chi connectivity index (χ0v) is 26.0. The SMILES string of the molecule is CCOc1cc(C2C(=C(O)c3ccc4c(c3)CC(C)O4)C(=O)C(=O)N2c2nc(C)c(C(C)=O)s2)ccc1OCCC(C)C. The van der Waals surface area contributed by atoms with Crippen molar-refractivity contribution in [1.29, 1.82) is 0 Å². The van der Waals surface area contributed by atoms with Crippen molar-refractivity contribution in [1.82, 2.24) is 4.98 Å². The summed E-state index contributed by atoms with van der Waals surface area (Å²) in [5.41, 5.74) is 2.22. The van der Waals surface area contributed by atoms with E-state index in [0.717, 1.165) is 29.1 Å². The third-order valence-electron chi connectivity index (χ3n) is 7.46. The summed E-state index contributed by atoms with van der Waals surface area (Å²) in [7, 11) is 0. The fraction of sp³-hybridized carbons (Fsp3) is 0.394. The number of aliphatic hydroxyl groups excluding tert-OH is 1. The Balaban J connectivity index is 1.66. The fourth-order valence-electron chi connectivity index (χ4n) is 5.37. The summed E-state index contributed by atoms with van der Waals surface area (Å²) >= 11 is 1.04. The quantitative estimate of drug-likeness (QED) is 0.122. The predicted octanol–water partition coefficient (Wildman–Crippen LogP) is 6.43. The molecule has 9 nitrogen and oxygen atoms in total. The highest BCUT2D eigenvalue weighted by Gasteiger charge is 2.48. The Morgan fingerprint density at radius 2 is 1.93 bits per heavy atom. The van der Waals surface area contributed by atoms with Gasteiger partial charge in [0.15, 0.2) is 22.4 Å². The minimum atomic E-state index is -1.03. The average molecular weight is 605 g/mol. The Kier molecular flexibility index (Phi) is 8.59. The first-order valence-corrected chi connectivity index (χ1v) is 15.3. The van der Waals surface area contributed by atoms with E-state index in [9.17, 15) is 19.5 Å². The van der Waals surface area contributed by atoms with Crippen molar-refractivity contribution in [2.24, 2.45) is 5.92 Å². The van der Waals surface area contributed by atoms with E-state index in [1.807, 2.05) is 13.8 Å². The number of amides is 1. The minimum absolute atomic E-state index is 0.000140. The number of aryl methyl sites for hydroxylation is 1. The molecule has 0 bridgehead atoms. The highest BCUT2D eigenvalue weighted by atomic mass is 32.1. The number of ketones is 2. The van der Waals surface area contributed by atoms with Gasteiger partial charge in [-0.3, -0.25) is 19.3 Å². The van der Waals surface area contributed by atoms with Crippen LogP contribution in [0.15, 0.2) is 42.0 Å². The maximum atomic E-state index is 13.7. The third kappa shape index (κ3) is 5.88. The summed E-state index contributed by atoms with van der Waals surface area (Å²) in [6, 6.07) is 9.44. The van der Waals surface area contributed by atoms with Gasteiger partial charge in [-0.05, 0) is 74.6 Å². The van der Waals surface area contributed by atoms with Gasteiger partial charge in [0.2, 0.25) is 0 Å². The largest absolute Gasteiger partial charge is 0.507 e. The highest BCUT2D eigenvalue weighted by molar-refractivity contribution is 7.18. The Hall–Kier alpha value is -4.18. The van der Waals surface area contributed by atoms with Gasteiger partial charge in [-0.2, -0.15) is 0 Å². The van der Waals surface area contributed by atoms with Gasteiger partial charge in [0.05, 0.1) is 35.4 Å². The molecule has 3 heterocycles. The van der Waals surface area contributed by atoms with E-state index in [0.29, 0.717) is 58.7 Å². The normalized spacial score (nSPS) is 19.1. The minimum Gasteiger partial charge on any atom is -0.507 e. The zero-order valence-electron chi connectivity index (χ0n) is 25.2. The van der Waals surface area contributed by atoms with Crippen molar-refractivity contribution >= 4 is 39.7 Å². The maximum Gasteiger partial charge on any atom is 0.301 e. The second kappa shape index (κ2) is 12.2. The first kappa shape index (κ1) is 30.3. The molecule has 2 aromatic carbocycles. The van der Waals surface area contributed by atoms with Crippen molar-refractivity contribution < 1.29 is 33.7 Å². The lowest BCUT2D eigenvalue weighted by atomic mass is 9.94. The fourth-order valence-corrected chi connectivity index (χ4v) is 6.36.